The first-order valence-electron chi connectivity index (χ1n) is 10.6. The number of amides is 1. The van der Waals surface area contributed by atoms with Crippen LogP contribution in [0.5, 0.6) is 0 Å². The van der Waals surface area contributed by atoms with Crippen LogP contribution < -0.4 is 5.32 Å². The van der Waals surface area contributed by atoms with Crippen LogP contribution in [-0.2, 0) is 4.74 Å². The molecule has 0 spiro atoms. The SMILES string of the molecule is COC[C@H](Nc1ncnc2cc(C(=O)N3CC=CC3)c(C)cc12)c1nc2ccc(Cl)cc2[nH]1. The molecule has 168 valence electrons. The second kappa shape index (κ2) is 8.80. The molecule has 3 heterocycles. The average Bonchev–Trinajstić information content (AvgIpc) is 3.48. The second-order valence-corrected chi connectivity index (χ2v) is 8.46. The van der Waals surface area contributed by atoms with Gasteiger partial charge in [0.15, 0.2) is 0 Å². The van der Waals surface area contributed by atoms with Crippen LogP contribution in [0.3, 0.4) is 0 Å². The number of hydrogen-bond donors (Lipinski definition) is 2. The largest absolute Gasteiger partial charge is 0.382 e. The Morgan fingerprint density at radius 1 is 1.21 bits per heavy atom. The molecule has 4 aromatic rings. The summed E-state index contributed by atoms with van der Waals surface area (Å²) in [5, 5.41) is 4.90. The molecule has 0 unspecified atom stereocenters. The molecule has 0 saturated heterocycles. The van der Waals surface area contributed by atoms with Gasteiger partial charge in [-0.1, -0.05) is 23.8 Å². The molecule has 0 bridgehead atoms. The molecule has 33 heavy (non-hydrogen) atoms. The van der Waals surface area contributed by atoms with Crippen molar-refractivity contribution in [2.24, 2.45) is 0 Å². The number of rotatable bonds is 6. The third-order valence-corrected chi connectivity index (χ3v) is 5.99. The molecule has 9 heteroatoms. The summed E-state index contributed by atoms with van der Waals surface area (Å²) in [5.41, 5.74) is 3.89. The molecule has 1 amide bonds. The first-order chi connectivity index (χ1) is 16.0. The number of aromatic amines is 1. The molecule has 1 atom stereocenters. The minimum absolute atomic E-state index is 0.00529. The number of ether oxygens (including phenoxy) is 1. The summed E-state index contributed by atoms with van der Waals surface area (Å²) in [4.78, 5) is 31.6. The zero-order valence-electron chi connectivity index (χ0n) is 18.3. The summed E-state index contributed by atoms with van der Waals surface area (Å²) in [6, 6.07) is 9.04. The lowest BCUT2D eigenvalue weighted by atomic mass is 10.0. The van der Waals surface area contributed by atoms with E-state index in [4.69, 9.17) is 21.3 Å². The molecule has 0 saturated carbocycles. The Balaban J connectivity index is 1.49. The number of benzene rings is 2. The Hall–Kier alpha value is -3.49. The smallest absolute Gasteiger partial charge is 0.254 e. The van der Waals surface area contributed by atoms with Crippen molar-refractivity contribution >= 4 is 45.3 Å². The third kappa shape index (κ3) is 4.15. The Morgan fingerprint density at radius 3 is 2.82 bits per heavy atom. The van der Waals surface area contributed by atoms with Crippen molar-refractivity contribution in [1.29, 1.82) is 0 Å². The lowest BCUT2D eigenvalue weighted by molar-refractivity contribution is 0.0799. The molecule has 0 fully saturated rings. The molecule has 2 aromatic heterocycles. The van der Waals surface area contributed by atoms with Crippen LogP contribution in [0.1, 0.15) is 27.8 Å². The van der Waals surface area contributed by atoms with Crippen LogP contribution in [-0.4, -0.2) is 57.5 Å². The summed E-state index contributed by atoms with van der Waals surface area (Å²) in [7, 11) is 1.64. The van der Waals surface area contributed by atoms with Gasteiger partial charge in [-0.15, -0.1) is 0 Å². The number of anilines is 1. The minimum atomic E-state index is -0.281. The van der Waals surface area contributed by atoms with Gasteiger partial charge < -0.3 is 19.9 Å². The normalized spacial score (nSPS) is 14.3. The number of nitrogens with one attached hydrogen (secondary N) is 2. The van der Waals surface area contributed by atoms with Gasteiger partial charge in [-0.2, -0.15) is 0 Å². The quantitative estimate of drug-likeness (QED) is 0.415. The summed E-state index contributed by atoms with van der Waals surface area (Å²) in [6.07, 6.45) is 5.49. The van der Waals surface area contributed by atoms with Crippen LogP contribution in [0.25, 0.3) is 21.9 Å². The van der Waals surface area contributed by atoms with Crippen LogP contribution in [0.4, 0.5) is 5.82 Å². The summed E-state index contributed by atoms with van der Waals surface area (Å²) in [5.74, 6) is 1.36. The fourth-order valence-corrected chi connectivity index (χ4v) is 4.23. The van der Waals surface area contributed by atoms with Crippen LogP contribution in [0.2, 0.25) is 5.02 Å². The van der Waals surface area contributed by atoms with Gasteiger partial charge in [0, 0.05) is 36.2 Å². The molecular weight excluding hydrogens is 440 g/mol. The van der Waals surface area contributed by atoms with Gasteiger partial charge in [-0.05, 0) is 42.8 Å². The zero-order chi connectivity index (χ0) is 22.9. The van der Waals surface area contributed by atoms with Crippen molar-refractivity contribution in [3.8, 4) is 0 Å². The number of fused-ring (bicyclic) bond motifs is 2. The van der Waals surface area contributed by atoms with Gasteiger partial charge >= 0.3 is 0 Å². The number of hydrogen-bond acceptors (Lipinski definition) is 6. The number of carbonyl (C=O) groups excluding carboxylic acids is 1. The monoisotopic (exact) mass is 462 g/mol. The molecule has 2 N–H and O–H groups in total. The predicted octanol–water partition coefficient (Wildman–Crippen LogP) is 4.28. The predicted molar refractivity (Wildman–Crippen MR) is 129 cm³/mol. The van der Waals surface area contributed by atoms with E-state index in [1.165, 1.54) is 6.33 Å². The number of aryl methyl sites for hydroxylation is 1. The molecule has 0 radical (unpaired) electrons. The fourth-order valence-electron chi connectivity index (χ4n) is 4.06. The first-order valence-corrected chi connectivity index (χ1v) is 11.0. The van der Waals surface area contributed by atoms with E-state index in [9.17, 15) is 4.79 Å². The van der Waals surface area contributed by atoms with Crippen LogP contribution >= 0.6 is 11.6 Å². The maximum Gasteiger partial charge on any atom is 0.254 e. The molecular formula is C24H23ClN6O2. The van der Waals surface area contributed by atoms with E-state index in [-0.39, 0.29) is 11.9 Å². The lowest BCUT2D eigenvalue weighted by Crippen LogP contribution is -2.28. The van der Waals surface area contributed by atoms with Gasteiger partial charge in [0.25, 0.3) is 5.91 Å². The number of halogens is 1. The number of nitrogens with zero attached hydrogens (tertiary/aromatic N) is 4. The van der Waals surface area contributed by atoms with Gasteiger partial charge in [-0.25, -0.2) is 15.0 Å². The van der Waals surface area contributed by atoms with Crippen molar-refractivity contribution in [3.63, 3.8) is 0 Å². The van der Waals surface area contributed by atoms with E-state index in [0.29, 0.717) is 47.4 Å². The molecule has 1 aliphatic heterocycles. The number of carbonyl (C=O) groups is 1. The standard InChI is InChI=1S/C24H23ClN6O2/c1-14-9-17-19(11-16(14)24(32)31-7-3-4-8-31)26-13-27-22(17)30-21(12-33-2)23-28-18-6-5-15(25)10-20(18)29-23/h3-6,9-11,13,21H,7-8,12H2,1-2H3,(H,28,29)(H,26,27,30)/t21-/m0/s1. The molecule has 2 aromatic carbocycles. The summed E-state index contributed by atoms with van der Waals surface area (Å²) >= 11 is 6.12. The zero-order valence-corrected chi connectivity index (χ0v) is 19.1. The molecule has 8 nitrogen and oxygen atoms in total. The summed E-state index contributed by atoms with van der Waals surface area (Å²) in [6.45, 7) is 3.57. The number of imidazole rings is 1. The van der Waals surface area contributed by atoms with Crippen molar-refractivity contribution in [2.45, 2.75) is 13.0 Å². The highest BCUT2D eigenvalue weighted by Crippen LogP contribution is 2.28. The Morgan fingerprint density at radius 2 is 2.03 bits per heavy atom. The van der Waals surface area contributed by atoms with E-state index < -0.39 is 0 Å². The Bertz CT molecular complexity index is 1370. The highest BCUT2D eigenvalue weighted by molar-refractivity contribution is 6.31. The Labute approximate surface area is 195 Å². The van der Waals surface area contributed by atoms with Crippen molar-refractivity contribution in [3.05, 3.63) is 70.8 Å². The van der Waals surface area contributed by atoms with E-state index in [1.54, 1.807) is 12.0 Å². The lowest BCUT2D eigenvalue weighted by Gasteiger charge is -2.19. The third-order valence-electron chi connectivity index (χ3n) is 5.75. The Kier molecular flexibility index (Phi) is 5.70. The van der Waals surface area contributed by atoms with Crippen LogP contribution in [0, 0.1) is 6.92 Å². The van der Waals surface area contributed by atoms with Gasteiger partial charge in [-0.3, -0.25) is 4.79 Å². The minimum Gasteiger partial charge on any atom is -0.382 e. The number of methoxy groups -OCH3 is 1. The van der Waals surface area contributed by atoms with Crippen molar-refractivity contribution < 1.29 is 9.53 Å². The number of H-pyrrole nitrogens is 1. The second-order valence-electron chi connectivity index (χ2n) is 8.02. The van der Waals surface area contributed by atoms with Gasteiger partial charge in [0.05, 0.1) is 23.2 Å². The highest BCUT2D eigenvalue weighted by Gasteiger charge is 2.21. The van der Waals surface area contributed by atoms with Crippen molar-refractivity contribution in [2.75, 3.05) is 32.1 Å². The van der Waals surface area contributed by atoms with Crippen molar-refractivity contribution in [1.82, 2.24) is 24.8 Å². The molecule has 5 rings (SSSR count). The van der Waals surface area contributed by atoms with E-state index >= 15 is 0 Å². The van der Waals surface area contributed by atoms with E-state index in [2.05, 4.69) is 20.3 Å². The van der Waals surface area contributed by atoms with Crippen LogP contribution in [0.15, 0.2) is 48.8 Å². The first kappa shape index (κ1) is 21.4. The maximum absolute atomic E-state index is 12.9. The number of aromatic nitrogens is 4. The topological polar surface area (TPSA) is 96.0 Å². The highest BCUT2D eigenvalue weighted by atomic mass is 35.5. The van der Waals surface area contributed by atoms with E-state index in [0.717, 1.165) is 22.0 Å². The van der Waals surface area contributed by atoms with Gasteiger partial charge in [0.1, 0.15) is 24.0 Å². The van der Waals surface area contributed by atoms with Gasteiger partial charge in [0.2, 0.25) is 0 Å². The molecule has 0 aliphatic carbocycles. The fraction of sp³-hybridized carbons (Fsp3) is 0.250. The molecule has 1 aliphatic rings. The van der Waals surface area contributed by atoms with E-state index in [1.807, 2.05) is 49.4 Å². The summed E-state index contributed by atoms with van der Waals surface area (Å²) < 4.78 is 5.45. The average molecular weight is 463 g/mol. The maximum atomic E-state index is 12.9.